The molecule has 0 bridgehead atoms. The van der Waals surface area contributed by atoms with E-state index in [1.165, 1.54) is 0 Å². The number of alkyl halides is 2. The predicted octanol–water partition coefficient (Wildman–Crippen LogP) is 4.44. The molecular formula is C14H12F2. The van der Waals surface area contributed by atoms with Crippen molar-refractivity contribution in [1.29, 1.82) is 0 Å². The SMILES string of the molecule is CCC1c2cccc3cccc(c23)C1(F)F. The molecule has 0 spiro atoms. The maximum absolute atomic E-state index is 14.2. The molecule has 2 heteroatoms. The average Bonchev–Trinajstić information content (AvgIpc) is 2.50. The number of hydrogen-bond donors (Lipinski definition) is 0. The summed E-state index contributed by atoms with van der Waals surface area (Å²) in [4.78, 5) is 0. The van der Waals surface area contributed by atoms with Gasteiger partial charge in [0.05, 0.1) is 5.92 Å². The quantitative estimate of drug-likeness (QED) is 0.663. The smallest absolute Gasteiger partial charge is 0.201 e. The normalized spacial score (nSPS) is 21.6. The van der Waals surface area contributed by atoms with Crippen LogP contribution < -0.4 is 0 Å². The molecule has 0 saturated heterocycles. The van der Waals surface area contributed by atoms with Crippen LogP contribution in [-0.2, 0) is 5.92 Å². The molecule has 0 amide bonds. The molecule has 0 fully saturated rings. The van der Waals surface area contributed by atoms with Gasteiger partial charge in [0, 0.05) is 5.56 Å². The molecule has 0 aliphatic heterocycles. The summed E-state index contributed by atoms with van der Waals surface area (Å²) in [6.07, 6.45) is 0.473. The largest absolute Gasteiger partial charge is 0.280 e. The third-order valence-electron chi connectivity index (χ3n) is 3.52. The summed E-state index contributed by atoms with van der Waals surface area (Å²) >= 11 is 0. The highest BCUT2D eigenvalue weighted by atomic mass is 19.3. The minimum atomic E-state index is -2.71. The molecule has 0 aromatic heterocycles. The number of rotatable bonds is 1. The van der Waals surface area contributed by atoms with E-state index in [0.717, 1.165) is 16.3 Å². The highest BCUT2D eigenvalue weighted by Gasteiger charge is 2.48. The fourth-order valence-electron chi connectivity index (χ4n) is 2.80. The fourth-order valence-corrected chi connectivity index (χ4v) is 2.80. The summed E-state index contributed by atoms with van der Waals surface area (Å²) in [5, 5.41) is 1.69. The molecule has 0 saturated carbocycles. The zero-order valence-electron chi connectivity index (χ0n) is 9.00. The molecule has 2 aromatic carbocycles. The Labute approximate surface area is 92.9 Å². The van der Waals surface area contributed by atoms with E-state index in [2.05, 4.69) is 0 Å². The Morgan fingerprint density at radius 3 is 2.50 bits per heavy atom. The zero-order chi connectivity index (χ0) is 11.3. The zero-order valence-corrected chi connectivity index (χ0v) is 9.00. The molecule has 2 aromatic rings. The molecule has 0 nitrogen and oxygen atoms in total. The van der Waals surface area contributed by atoms with E-state index < -0.39 is 11.8 Å². The highest BCUT2D eigenvalue weighted by Crippen LogP contribution is 2.53. The van der Waals surface area contributed by atoms with Crippen molar-refractivity contribution in [3.05, 3.63) is 47.5 Å². The van der Waals surface area contributed by atoms with Gasteiger partial charge in [-0.05, 0) is 22.8 Å². The van der Waals surface area contributed by atoms with Crippen LogP contribution in [0, 0.1) is 0 Å². The van der Waals surface area contributed by atoms with Crippen LogP contribution in [0.5, 0.6) is 0 Å². The fraction of sp³-hybridized carbons (Fsp3) is 0.286. The van der Waals surface area contributed by atoms with E-state index in [0.29, 0.717) is 6.42 Å². The van der Waals surface area contributed by atoms with Crippen molar-refractivity contribution >= 4 is 10.8 Å². The topological polar surface area (TPSA) is 0 Å². The van der Waals surface area contributed by atoms with Gasteiger partial charge in [-0.1, -0.05) is 43.3 Å². The van der Waals surface area contributed by atoms with E-state index >= 15 is 0 Å². The minimum absolute atomic E-state index is 0.201. The highest BCUT2D eigenvalue weighted by molar-refractivity contribution is 5.92. The molecule has 1 unspecified atom stereocenters. The first-order chi connectivity index (χ1) is 7.66. The van der Waals surface area contributed by atoms with Crippen molar-refractivity contribution in [3.8, 4) is 0 Å². The Hall–Kier alpha value is -1.44. The Morgan fingerprint density at radius 2 is 1.81 bits per heavy atom. The molecule has 82 valence electrons. The van der Waals surface area contributed by atoms with E-state index in [9.17, 15) is 8.78 Å². The third-order valence-corrected chi connectivity index (χ3v) is 3.52. The Morgan fingerprint density at radius 1 is 1.12 bits per heavy atom. The van der Waals surface area contributed by atoms with Crippen molar-refractivity contribution in [2.24, 2.45) is 0 Å². The maximum atomic E-state index is 14.2. The van der Waals surface area contributed by atoms with Crippen LogP contribution in [0.1, 0.15) is 30.4 Å². The van der Waals surface area contributed by atoms with Crippen molar-refractivity contribution in [1.82, 2.24) is 0 Å². The molecular weight excluding hydrogens is 206 g/mol. The maximum Gasteiger partial charge on any atom is 0.280 e. The number of halogens is 2. The van der Waals surface area contributed by atoms with Crippen molar-refractivity contribution in [3.63, 3.8) is 0 Å². The first kappa shape index (κ1) is 9.76. The summed E-state index contributed by atoms with van der Waals surface area (Å²) < 4.78 is 28.4. The van der Waals surface area contributed by atoms with Crippen LogP contribution in [0.2, 0.25) is 0 Å². The van der Waals surface area contributed by atoms with Gasteiger partial charge in [-0.2, -0.15) is 0 Å². The van der Waals surface area contributed by atoms with Crippen LogP contribution >= 0.6 is 0 Å². The van der Waals surface area contributed by atoms with Crippen LogP contribution in [-0.4, -0.2) is 0 Å². The molecule has 16 heavy (non-hydrogen) atoms. The lowest BCUT2D eigenvalue weighted by Crippen LogP contribution is -2.17. The van der Waals surface area contributed by atoms with E-state index in [1.807, 2.05) is 31.2 Å². The van der Waals surface area contributed by atoms with Gasteiger partial charge in [0.1, 0.15) is 0 Å². The monoisotopic (exact) mass is 218 g/mol. The second kappa shape index (κ2) is 3.03. The van der Waals surface area contributed by atoms with Gasteiger partial charge < -0.3 is 0 Å². The van der Waals surface area contributed by atoms with Gasteiger partial charge in [0.15, 0.2) is 0 Å². The van der Waals surface area contributed by atoms with Crippen molar-refractivity contribution in [2.75, 3.05) is 0 Å². The van der Waals surface area contributed by atoms with Gasteiger partial charge in [-0.3, -0.25) is 0 Å². The Kier molecular flexibility index (Phi) is 1.85. The Balaban J connectivity index is 2.44. The van der Waals surface area contributed by atoms with Gasteiger partial charge in [-0.25, -0.2) is 8.78 Å². The molecule has 0 radical (unpaired) electrons. The summed E-state index contributed by atoms with van der Waals surface area (Å²) in [7, 11) is 0. The van der Waals surface area contributed by atoms with E-state index in [1.54, 1.807) is 12.1 Å². The lowest BCUT2D eigenvalue weighted by Gasteiger charge is -2.19. The second-order valence-electron chi connectivity index (χ2n) is 4.33. The van der Waals surface area contributed by atoms with Crippen LogP contribution in [0.3, 0.4) is 0 Å². The van der Waals surface area contributed by atoms with Gasteiger partial charge in [0.25, 0.3) is 5.92 Å². The van der Waals surface area contributed by atoms with E-state index in [-0.39, 0.29) is 5.56 Å². The molecule has 0 heterocycles. The molecule has 3 rings (SSSR count). The Bertz CT molecular complexity index is 552. The van der Waals surface area contributed by atoms with Crippen molar-refractivity contribution < 1.29 is 8.78 Å². The lowest BCUT2D eigenvalue weighted by atomic mass is 9.95. The summed E-state index contributed by atoms with van der Waals surface area (Å²) in [5.41, 5.74) is 1.01. The van der Waals surface area contributed by atoms with Gasteiger partial charge >= 0.3 is 0 Å². The standard InChI is InChI=1S/C14H12F2/c1-2-11-10-7-3-5-9-6-4-8-12(13(9)10)14(11,15)16/h3-8,11H,2H2,1H3. The predicted molar refractivity (Wildman–Crippen MR) is 60.9 cm³/mol. The first-order valence-electron chi connectivity index (χ1n) is 5.56. The summed E-state index contributed by atoms with van der Waals surface area (Å²) in [6, 6.07) is 10.8. The average molecular weight is 218 g/mol. The molecule has 1 atom stereocenters. The van der Waals surface area contributed by atoms with Gasteiger partial charge in [0.2, 0.25) is 0 Å². The minimum Gasteiger partial charge on any atom is -0.201 e. The van der Waals surface area contributed by atoms with Crippen LogP contribution in [0.4, 0.5) is 8.78 Å². The molecule has 0 N–H and O–H groups in total. The molecule has 1 aliphatic carbocycles. The lowest BCUT2D eigenvalue weighted by molar-refractivity contribution is -0.0278. The first-order valence-corrected chi connectivity index (χ1v) is 5.56. The number of hydrogen-bond acceptors (Lipinski definition) is 0. The van der Waals surface area contributed by atoms with Crippen LogP contribution in [0.25, 0.3) is 10.8 Å². The third kappa shape index (κ3) is 1.02. The van der Waals surface area contributed by atoms with E-state index in [4.69, 9.17) is 0 Å². The number of benzene rings is 2. The summed E-state index contributed by atoms with van der Waals surface area (Å²) in [6.45, 7) is 1.82. The second-order valence-corrected chi connectivity index (χ2v) is 4.33. The van der Waals surface area contributed by atoms with Gasteiger partial charge in [-0.15, -0.1) is 0 Å². The summed E-state index contributed by atoms with van der Waals surface area (Å²) in [5.74, 6) is -3.37. The van der Waals surface area contributed by atoms with Crippen LogP contribution in [0.15, 0.2) is 36.4 Å². The molecule has 1 aliphatic rings. The van der Waals surface area contributed by atoms with Crippen molar-refractivity contribution in [2.45, 2.75) is 25.2 Å².